The maximum absolute atomic E-state index is 13.0. The van der Waals surface area contributed by atoms with E-state index in [1.165, 1.54) is 12.1 Å². The fourth-order valence-electron chi connectivity index (χ4n) is 1.53. The minimum absolute atomic E-state index is 0.183. The normalized spacial score (nSPS) is 12.5. The summed E-state index contributed by atoms with van der Waals surface area (Å²) in [5.74, 6) is -0.665. The van der Waals surface area contributed by atoms with Crippen LogP contribution in [0.5, 0.6) is 0 Å². The van der Waals surface area contributed by atoms with E-state index in [1.54, 1.807) is 0 Å². The van der Waals surface area contributed by atoms with Crippen LogP contribution < -0.4 is 5.73 Å². The van der Waals surface area contributed by atoms with E-state index < -0.39 is 5.82 Å². The summed E-state index contributed by atoms with van der Waals surface area (Å²) >= 11 is 5.82. The van der Waals surface area contributed by atoms with Crippen molar-refractivity contribution in [2.24, 2.45) is 5.73 Å². The third kappa shape index (κ3) is 3.58. The van der Waals surface area contributed by atoms with E-state index in [-0.39, 0.29) is 28.8 Å². The second-order valence-electron chi connectivity index (χ2n) is 3.80. The van der Waals surface area contributed by atoms with Crippen molar-refractivity contribution < 1.29 is 9.18 Å². The highest BCUT2D eigenvalue weighted by Gasteiger charge is 2.14. The molecule has 1 unspecified atom stereocenters. The minimum Gasteiger partial charge on any atom is -0.327 e. The lowest BCUT2D eigenvalue weighted by molar-refractivity contribution is 0.0973. The van der Waals surface area contributed by atoms with Crippen LogP contribution in [0.4, 0.5) is 4.39 Å². The van der Waals surface area contributed by atoms with Crippen molar-refractivity contribution >= 4 is 17.4 Å². The molecule has 2 nitrogen and oxygen atoms in total. The van der Waals surface area contributed by atoms with Gasteiger partial charge in [-0.25, -0.2) is 4.39 Å². The summed E-state index contributed by atoms with van der Waals surface area (Å²) in [7, 11) is 0. The maximum atomic E-state index is 13.0. The number of carbonyl (C=O) groups is 1. The number of hydrogen-bond acceptors (Lipinski definition) is 2. The Bertz CT molecular complexity index is 381. The zero-order chi connectivity index (χ0) is 12.1. The lowest BCUT2D eigenvalue weighted by atomic mass is 10.0. The van der Waals surface area contributed by atoms with Gasteiger partial charge >= 0.3 is 0 Å². The first-order chi connectivity index (χ1) is 7.54. The first-order valence-electron chi connectivity index (χ1n) is 5.28. The van der Waals surface area contributed by atoms with Crippen molar-refractivity contribution in [1.82, 2.24) is 0 Å². The van der Waals surface area contributed by atoms with Crippen LogP contribution in [0.2, 0.25) is 5.02 Å². The van der Waals surface area contributed by atoms with Crippen LogP contribution >= 0.6 is 11.6 Å². The molecule has 2 N–H and O–H groups in total. The molecular weight excluding hydrogens is 229 g/mol. The summed E-state index contributed by atoms with van der Waals surface area (Å²) in [5.41, 5.74) is 5.97. The highest BCUT2D eigenvalue weighted by molar-refractivity contribution is 6.33. The molecule has 0 bridgehead atoms. The molecule has 16 heavy (non-hydrogen) atoms. The van der Waals surface area contributed by atoms with Crippen LogP contribution in [0.25, 0.3) is 0 Å². The summed E-state index contributed by atoms with van der Waals surface area (Å²) < 4.78 is 13.0. The lowest BCUT2D eigenvalue weighted by Crippen LogP contribution is -2.23. The van der Waals surface area contributed by atoms with Crippen LogP contribution in [-0.4, -0.2) is 11.8 Å². The van der Waals surface area contributed by atoms with Gasteiger partial charge in [-0.1, -0.05) is 24.9 Å². The number of hydrogen-bond donors (Lipinski definition) is 1. The average molecular weight is 244 g/mol. The standard InChI is InChI=1S/C12H15ClFNO/c1-2-3-9(15)7-12(16)10-6-8(14)4-5-11(10)13/h4-6,9H,2-3,7,15H2,1H3. The number of carbonyl (C=O) groups excluding carboxylic acids is 1. The fourth-order valence-corrected chi connectivity index (χ4v) is 1.76. The molecule has 0 aliphatic rings. The van der Waals surface area contributed by atoms with Gasteiger partial charge in [-0.3, -0.25) is 4.79 Å². The fraction of sp³-hybridized carbons (Fsp3) is 0.417. The highest BCUT2D eigenvalue weighted by Crippen LogP contribution is 2.19. The summed E-state index contributed by atoms with van der Waals surface area (Å²) in [6.45, 7) is 2.00. The Morgan fingerprint density at radius 2 is 2.25 bits per heavy atom. The molecule has 0 aliphatic carbocycles. The largest absolute Gasteiger partial charge is 0.327 e. The number of Topliss-reactive ketones (excluding diaryl/α,β-unsaturated/α-hetero) is 1. The number of rotatable bonds is 5. The maximum Gasteiger partial charge on any atom is 0.166 e. The molecule has 0 aromatic heterocycles. The molecule has 0 radical (unpaired) electrons. The molecular formula is C12H15ClFNO. The van der Waals surface area contributed by atoms with Gasteiger partial charge in [-0.2, -0.15) is 0 Å². The molecule has 0 spiro atoms. The molecule has 0 fully saturated rings. The Balaban J connectivity index is 2.76. The SMILES string of the molecule is CCCC(N)CC(=O)c1cc(F)ccc1Cl. The van der Waals surface area contributed by atoms with Gasteiger partial charge in [0, 0.05) is 18.0 Å². The smallest absolute Gasteiger partial charge is 0.166 e. The third-order valence-corrected chi connectivity index (χ3v) is 2.67. The Morgan fingerprint density at radius 1 is 1.56 bits per heavy atom. The van der Waals surface area contributed by atoms with E-state index in [1.807, 2.05) is 6.92 Å². The molecule has 1 atom stereocenters. The first kappa shape index (κ1) is 13.1. The van der Waals surface area contributed by atoms with Gasteiger partial charge in [-0.05, 0) is 24.6 Å². The zero-order valence-corrected chi connectivity index (χ0v) is 9.93. The first-order valence-corrected chi connectivity index (χ1v) is 5.66. The van der Waals surface area contributed by atoms with E-state index in [0.717, 1.165) is 18.9 Å². The second kappa shape index (κ2) is 5.97. The van der Waals surface area contributed by atoms with Crippen LogP contribution in [-0.2, 0) is 0 Å². The zero-order valence-electron chi connectivity index (χ0n) is 9.17. The van der Waals surface area contributed by atoms with Gasteiger partial charge in [0.2, 0.25) is 0 Å². The summed E-state index contributed by atoms with van der Waals surface area (Å²) in [6, 6.07) is 3.58. The van der Waals surface area contributed by atoms with Crippen LogP contribution in [0.15, 0.2) is 18.2 Å². The van der Waals surface area contributed by atoms with Crippen LogP contribution in [0.3, 0.4) is 0 Å². The Kier molecular flexibility index (Phi) is 4.90. The van der Waals surface area contributed by atoms with E-state index in [0.29, 0.717) is 0 Å². The quantitative estimate of drug-likeness (QED) is 0.808. The summed E-state index contributed by atoms with van der Waals surface area (Å²) in [6.07, 6.45) is 1.90. The molecule has 0 heterocycles. The third-order valence-electron chi connectivity index (χ3n) is 2.34. The highest BCUT2D eigenvalue weighted by atomic mass is 35.5. The molecule has 1 aromatic rings. The van der Waals surface area contributed by atoms with Crippen molar-refractivity contribution in [3.63, 3.8) is 0 Å². The number of benzene rings is 1. The Hall–Kier alpha value is -0.930. The van der Waals surface area contributed by atoms with Crippen LogP contribution in [0, 0.1) is 5.82 Å². The molecule has 88 valence electrons. The van der Waals surface area contributed by atoms with Gasteiger partial charge < -0.3 is 5.73 Å². The minimum atomic E-state index is -0.461. The lowest BCUT2D eigenvalue weighted by Gasteiger charge is -2.09. The molecule has 4 heteroatoms. The predicted molar refractivity (Wildman–Crippen MR) is 63.2 cm³/mol. The van der Waals surface area contributed by atoms with E-state index in [9.17, 15) is 9.18 Å². The molecule has 0 saturated heterocycles. The topological polar surface area (TPSA) is 43.1 Å². The van der Waals surface area contributed by atoms with E-state index >= 15 is 0 Å². The van der Waals surface area contributed by atoms with Gasteiger partial charge in [0.15, 0.2) is 5.78 Å². The average Bonchev–Trinajstić information content (AvgIpc) is 2.21. The van der Waals surface area contributed by atoms with Crippen molar-refractivity contribution in [2.75, 3.05) is 0 Å². The van der Waals surface area contributed by atoms with E-state index in [4.69, 9.17) is 17.3 Å². The monoisotopic (exact) mass is 243 g/mol. The molecule has 0 amide bonds. The van der Waals surface area contributed by atoms with Gasteiger partial charge in [0.1, 0.15) is 5.82 Å². The molecule has 0 aliphatic heterocycles. The predicted octanol–water partition coefficient (Wildman–Crippen LogP) is 3.18. The van der Waals surface area contributed by atoms with Crippen molar-refractivity contribution in [3.05, 3.63) is 34.6 Å². The van der Waals surface area contributed by atoms with Gasteiger partial charge in [0.25, 0.3) is 0 Å². The van der Waals surface area contributed by atoms with E-state index in [2.05, 4.69) is 0 Å². The molecule has 1 aromatic carbocycles. The van der Waals surface area contributed by atoms with Crippen molar-refractivity contribution in [1.29, 1.82) is 0 Å². The Morgan fingerprint density at radius 3 is 2.88 bits per heavy atom. The van der Waals surface area contributed by atoms with Crippen molar-refractivity contribution in [3.8, 4) is 0 Å². The summed E-state index contributed by atoms with van der Waals surface area (Å²) in [5, 5.41) is 0.273. The number of halogens is 2. The second-order valence-corrected chi connectivity index (χ2v) is 4.21. The summed E-state index contributed by atoms with van der Waals surface area (Å²) in [4.78, 5) is 11.8. The van der Waals surface area contributed by atoms with Gasteiger partial charge in [-0.15, -0.1) is 0 Å². The van der Waals surface area contributed by atoms with Gasteiger partial charge in [0.05, 0.1) is 5.02 Å². The number of ketones is 1. The molecule has 1 rings (SSSR count). The Labute approximate surface area is 99.6 Å². The molecule has 0 saturated carbocycles. The van der Waals surface area contributed by atoms with Crippen molar-refractivity contribution in [2.45, 2.75) is 32.2 Å². The van der Waals surface area contributed by atoms with Crippen LogP contribution in [0.1, 0.15) is 36.5 Å². The number of nitrogens with two attached hydrogens (primary N) is 1.